The molecule has 0 radical (unpaired) electrons. The van der Waals surface area contributed by atoms with Gasteiger partial charge in [0.05, 0.1) is 0 Å². The molecule has 1 aliphatic heterocycles. The molecule has 2 amide bonds. The van der Waals surface area contributed by atoms with Crippen LogP contribution in [0.15, 0.2) is 36.4 Å². The third-order valence-electron chi connectivity index (χ3n) is 5.50. The molecule has 180 valence electrons. The van der Waals surface area contributed by atoms with Gasteiger partial charge in [-0.3, -0.25) is 9.59 Å². The molecule has 0 aliphatic carbocycles. The van der Waals surface area contributed by atoms with E-state index in [1.807, 2.05) is 33.0 Å². The van der Waals surface area contributed by atoms with Crippen LogP contribution in [0, 0.1) is 5.41 Å². The fourth-order valence-electron chi connectivity index (χ4n) is 3.74. The van der Waals surface area contributed by atoms with Crippen LogP contribution in [0.2, 0.25) is 0 Å². The van der Waals surface area contributed by atoms with Gasteiger partial charge in [0.25, 0.3) is 0 Å². The number of benzene rings is 1. The monoisotopic (exact) mass is 444 g/mol. The Hall–Kier alpha value is -2.14. The lowest BCUT2D eigenvalue weighted by Gasteiger charge is -2.22. The van der Waals surface area contributed by atoms with Gasteiger partial charge in [-0.05, 0) is 48.6 Å². The minimum atomic E-state index is -0.464. The molecule has 0 saturated carbocycles. The summed E-state index contributed by atoms with van der Waals surface area (Å²) < 4.78 is 5.48. The van der Waals surface area contributed by atoms with Crippen molar-refractivity contribution in [2.45, 2.75) is 91.8 Å². The molecule has 2 atom stereocenters. The number of nitrogens with one attached hydrogen (secondary N) is 1. The minimum Gasteiger partial charge on any atom is -0.372 e. The summed E-state index contributed by atoms with van der Waals surface area (Å²) in [5, 5.41) is 3.15. The zero-order chi connectivity index (χ0) is 24.1. The van der Waals surface area contributed by atoms with Crippen LogP contribution in [0.1, 0.15) is 77.8 Å². The molecule has 0 fully saturated rings. The van der Waals surface area contributed by atoms with Crippen molar-refractivity contribution in [2.75, 3.05) is 14.2 Å². The van der Waals surface area contributed by atoms with E-state index in [-0.39, 0.29) is 23.3 Å². The van der Waals surface area contributed by atoms with Crippen LogP contribution in [0.3, 0.4) is 0 Å². The van der Waals surface area contributed by atoms with Gasteiger partial charge in [-0.15, -0.1) is 0 Å². The van der Waals surface area contributed by atoms with Crippen LogP contribution in [-0.2, 0) is 27.3 Å². The number of hydrogen-bond acceptors (Lipinski definition) is 3. The first-order chi connectivity index (χ1) is 15.2. The van der Waals surface area contributed by atoms with E-state index in [0.717, 1.165) is 24.8 Å². The average molecular weight is 445 g/mol. The molecular weight excluding hydrogens is 400 g/mol. The maximum atomic E-state index is 12.9. The van der Waals surface area contributed by atoms with Crippen LogP contribution in [0.5, 0.6) is 0 Å². The Balaban J connectivity index is 0.00000249. The number of nitrogens with zero attached hydrogens (tertiary/aromatic N) is 1. The van der Waals surface area contributed by atoms with E-state index in [9.17, 15) is 9.59 Å². The zero-order valence-corrected chi connectivity index (χ0v) is 21.2. The number of allylic oxidation sites excluding steroid dienone is 2. The van der Waals surface area contributed by atoms with Crippen molar-refractivity contribution in [2.24, 2.45) is 5.41 Å². The van der Waals surface area contributed by atoms with Gasteiger partial charge >= 0.3 is 0 Å². The Morgan fingerprint density at radius 1 is 1.25 bits per heavy atom. The minimum absolute atomic E-state index is 0.0764. The summed E-state index contributed by atoms with van der Waals surface area (Å²) in [7, 11) is 3.43. The third-order valence-corrected chi connectivity index (χ3v) is 5.50. The van der Waals surface area contributed by atoms with Crippen LogP contribution < -0.4 is 5.32 Å². The molecule has 1 N–H and O–H groups in total. The van der Waals surface area contributed by atoms with Crippen molar-refractivity contribution in [1.82, 2.24) is 10.2 Å². The maximum absolute atomic E-state index is 12.9. The van der Waals surface area contributed by atoms with Gasteiger partial charge in [-0.2, -0.15) is 0 Å². The summed E-state index contributed by atoms with van der Waals surface area (Å²) in [5.41, 5.74) is 2.51. The first-order valence-corrected chi connectivity index (χ1v) is 12.0. The number of rotatable bonds is 7. The van der Waals surface area contributed by atoms with Crippen molar-refractivity contribution in [1.29, 1.82) is 0 Å². The molecule has 1 aliphatic rings. The predicted octanol–water partition coefficient (Wildman–Crippen LogP) is 5.28. The number of amides is 2. The Bertz CT molecular complexity index is 737. The normalized spacial score (nSPS) is 18.0. The molecule has 2 rings (SSSR count). The number of carbonyl (C=O) groups excluding carboxylic acids is 2. The summed E-state index contributed by atoms with van der Waals surface area (Å²) in [4.78, 5) is 27.0. The third kappa shape index (κ3) is 9.99. The highest BCUT2D eigenvalue weighted by Gasteiger charge is 2.24. The second-order valence-corrected chi connectivity index (χ2v) is 9.39. The summed E-state index contributed by atoms with van der Waals surface area (Å²) >= 11 is 0. The summed E-state index contributed by atoms with van der Waals surface area (Å²) in [5.74, 6) is 0.0275. The van der Waals surface area contributed by atoms with Crippen molar-refractivity contribution in [3.05, 3.63) is 47.5 Å². The lowest BCUT2D eigenvalue weighted by Crippen LogP contribution is -2.43. The smallest absolute Gasteiger partial charge is 0.249 e. The van der Waals surface area contributed by atoms with Gasteiger partial charge in [0.15, 0.2) is 0 Å². The summed E-state index contributed by atoms with van der Waals surface area (Å²) in [6, 6.07) is 8.09. The Kier molecular flexibility index (Phi) is 12.3. The number of hydrogen-bond donors (Lipinski definition) is 1. The molecule has 0 spiro atoms. The van der Waals surface area contributed by atoms with E-state index in [1.165, 1.54) is 5.56 Å². The highest BCUT2D eigenvalue weighted by molar-refractivity contribution is 5.81. The zero-order valence-electron chi connectivity index (χ0n) is 21.2. The fourth-order valence-corrected chi connectivity index (χ4v) is 3.74. The van der Waals surface area contributed by atoms with E-state index in [2.05, 4.69) is 50.4 Å². The van der Waals surface area contributed by atoms with Gasteiger partial charge in [-0.1, -0.05) is 71.0 Å². The van der Waals surface area contributed by atoms with Crippen molar-refractivity contribution in [3.8, 4) is 0 Å². The highest BCUT2D eigenvalue weighted by atomic mass is 16.5. The van der Waals surface area contributed by atoms with E-state index in [1.54, 1.807) is 12.0 Å². The molecule has 0 saturated heterocycles. The number of methoxy groups -OCH3 is 1. The quantitative estimate of drug-likeness (QED) is 0.460. The maximum Gasteiger partial charge on any atom is 0.249 e. The summed E-state index contributed by atoms with van der Waals surface area (Å²) in [6.07, 6.45) is 8.24. The van der Waals surface area contributed by atoms with Gasteiger partial charge in [-0.25, -0.2) is 0 Å². The average Bonchev–Trinajstić information content (AvgIpc) is 2.80. The number of carbonyl (C=O) groups is 2. The van der Waals surface area contributed by atoms with Crippen molar-refractivity contribution in [3.63, 3.8) is 0 Å². The number of unbranched alkanes of at least 4 members (excludes halogenated alkanes) is 1. The second-order valence-electron chi connectivity index (χ2n) is 9.39. The Labute approximate surface area is 195 Å². The van der Waals surface area contributed by atoms with E-state index >= 15 is 0 Å². The molecule has 32 heavy (non-hydrogen) atoms. The number of fused-ring (bicyclic) bond motifs is 1. The fraction of sp³-hybridized carbons (Fsp3) is 0.630. The molecule has 1 aromatic rings. The molecule has 1 aromatic carbocycles. The largest absolute Gasteiger partial charge is 0.372 e. The first-order valence-electron chi connectivity index (χ1n) is 12.0. The molecule has 5 nitrogen and oxygen atoms in total. The van der Waals surface area contributed by atoms with Gasteiger partial charge in [0.2, 0.25) is 11.8 Å². The molecule has 0 aromatic heterocycles. The standard InChI is InChI=1S/C25H38N2O3.C2H6/c1-25(2,3)16-10-6-7-13-22(30-5)24(29)26-21-14-15-23(28)27(4)18-20-12-9-8-11-19(20)17-21;1-2/h8-12,16,21-22H,6-7,13-15,17-18H2,1-5H3,(H,26,29);1-2H3/b16-10+;. The molecule has 0 bridgehead atoms. The lowest BCUT2D eigenvalue weighted by atomic mass is 9.95. The van der Waals surface area contributed by atoms with Crippen LogP contribution in [-0.4, -0.2) is 43.0 Å². The van der Waals surface area contributed by atoms with Crippen LogP contribution in [0.25, 0.3) is 0 Å². The van der Waals surface area contributed by atoms with Gasteiger partial charge < -0.3 is 15.0 Å². The Morgan fingerprint density at radius 2 is 1.91 bits per heavy atom. The Morgan fingerprint density at radius 3 is 2.53 bits per heavy atom. The SMILES string of the molecule is CC.COC(CCC/C=C/C(C)(C)C)C(=O)NC1CCC(=O)N(C)Cc2ccccc2C1. The summed E-state index contributed by atoms with van der Waals surface area (Å²) in [6.45, 7) is 11.1. The van der Waals surface area contributed by atoms with Crippen LogP contribution in [0.4, 0.5) is 0 Å². The van der Waals surface area contributed by atoms with E-state index < -0.39 is 6.10 Å². The van der Waals surface area contributed by atoms with Crippen molar-refractivity contribution >= 4 is 11.8 Å². The highest BCUT2D eigenvalue weighted by Crippen LogP contribution is 2.19. The van der Waals surface area contributed by atoms with E-state index in [4.69, 9.17) is 4.74 Å². The first kappa shape index (κ1) is 27.9. The second kappa shape index (κ2) is 14.1. The molecule has 5 heteroatoms. The van der Waals surface area contributed by atoms with Gasteiger partial charge in [0, 0.05) is 33.2 Å². The van der Waals surface area contributed by atoms with Crippen molar-refractivity contribution < 1.29 is 14.3 Å². The van der Waals surface area contributed by atoms with Gasteiger partial charge in [0.1, 0.15) is 6.10 Å². The lowest BCUT2D eigenvalue weighted by molar-refractivity contribution is -0.133. The molecule has 2 unspecified atom stereocenters. The predicted molar refractivity (Wildman–Crippen MR) is 132 cm³/mol. The van der Waals surface area contributed by atoms with E-state index in [0.29, 0.717) is 25.8 Å². The number of ether oxygens (including phenoxy) is 1. The molecule has 1 heterocycles. The molecular formula is C27H44N2O3. The topological polar surface area (TPSA) is 58.6 Å². The van der Waals surface area contributed by atoms with Crippen LogP contribution >= 0.6 is 0 Å².